The zero-order valence-electron chi connectivity index (χ0n) is 13.6. The van der Waals surface area contributed by atoms with Crippen molar-refractivity contribution in [1.29, 1.82) is 0 Å². The van der Waals surface area contributed by atoms with Crippen LogP contribution in [0.25, 0.3) is 11.5 Å². The zero-order chi connectivity index (χ0) is 17.3. The number of rotatable bonds is 4. The second-order valence-electron chi connectivity index (χ2n) is 6.13. The fraction of sp³-hybridized carbons (Fsp3) is 0.278. The molecule has 0 amide bonds. The first-order valence-corrected chi connectivity index (χ1v) is 8.18. The molecule has 1 saturated heterocycles. The Morgan fingerprint density at radius 3 is 2.64 bits per heavy atom. The highest BCUT2D eigenvalue weighted by Gasteiger charge is 2.44. The van der Waals surface area contributed by atoms with Gasteiger partial charge in [-0.1, -0.05) is 6.07 Å². The lowest BCUT2D eigenvalue weighted by Crippen LogP contribution is -2.51. The minimum absolute atomic E-state index is 0.457. The van der Waals surface area contributed by atoms with Crippen molar-refractivity contribution in [2.24, 2.45) is 0 Å². The predicted octanol–water partition coefficient (Wildman–Crippen LogP) is 2.62. The first kappa shape index (κ1) is 15.4. The highest BCUT2D eigenvalue weighted by atomic mass is 16.4. The zero-order valence-corrected chi connectivity index (χ0v) is 13.6. The number of hydrogen-bond donors (Lipinski definition) is 1. The van der Waals surface area contributed by atoms with Crippen LogP contribution in [-0.4, -0.2) is 38.9 Å². The molecule has 1 N–H and O–H groups in total. The Morgan fingerprint density at radius 1 is 1.16 bits per heavy atom. The predicted molar refractivity (Wildman–Crippen MR) is 91.2 cm³/mol. The van der Waals surface area contributed by atoms with E-state index < -0.39 is 11.5 Å². The molecule has 1 aliphatic rings. The third-order valence-corrected chi connectivity index (χ3v) is 4.76. The van der Waals surface area contributed by atoms with Crippen LogP contribution in [0.2, 0.25) is 0 Å². The molecule has 0 atom stereocenters. The normalized spacial score (nSPS) is 16.7. The van der Waals surface area contributed by atoms with Gasteiger partial charge in [-0.3, -0.25) is 4.68 Å². The van der Waals surface area contributed by atoms with Crippen molar-refractivity contribution >= 4 is 11.8 Å². The fourth-order valence-electron chi connectivity index (χ4n) is 3.31. The first-order valence-electron chi connectivity index (χ1n) is 8.18. The number of piperidine rings is 1. The maximum atomic E-state index is 12.1. The van der Waals surface area contributed by atoms with Gasteiger partial charge in [0.2, 0.25) is 0 Å². The molecule has 4 heterocycles. The van der Waals surface area contributed by atoms with Crippen molar-refractivity contribution in [3.63, 3.8) is 0 Å². The van der Waals surface area contributed by atoms with E-state index in [2.05, 4.69) is 15.0 Å². The number of aliphatic carboxylic acids is 1. The summed E-state index contributed by atoms with van der Waals surface area (Å²) in [5.41, 5.74) is -0.409. The molecule has 3 aromatic heterocycles. The van der Waals surface area contributed by atoms with Gasteiger partial charge in [0.05, 0.1) is 6.26 Å². The molecule has 1 fully saturated rings. The topological polar surface area (TPSA) is 84.4 Å². The molecule has 0 saturated carbocycles. The van der Waals surface area contributed by atoms with Gasteiger partial charge in [-0.25, -0.2) is 9.78 Å². The number of aromatic nitrogens is 3. The highest BCUT2D eigenvalue weighted by Crippen LogP contribution is 2.33. The van der Waals surface area contributed by atoms with E-state index in [1.165, 1.54) is 0 Å². The summed E-state index contributed by atoms with van der Waals surface area (Å²) in [5.74, 6) is 0.644. The van der Waals surface area contributed by atoms with E-state index >= 15 is 0 Å². The second kappa shape index (κ2) is 6.08. The summed E-state index contributed by atoms with van der Waals surface area (Å²) in [7, 11) is 0. The van der Waals surface area contributed by atoms with Gasteiger partial charge in [-0.15, -0.1) is 0 Å². The maximum Gasteiger partial charge on any atom is 0.331 e. The van der Waals surface area contributed by atoms with Crippen LogP contribution in [0.3, 0.4) is 0 Å². The minimum atomic E-state index is -1.05. The summed E-state index contributed by atoms with van der Waals surface area (Å²) in [4.78, 5) is 18.6. The van der Waals surface area contributed by atoms with Crippen molar-refractivity contribution in [2.75, 3.05) is 18.0 Å². The third kappa shape index (κ3) is 2.67. The van der Waals surface area contributed by atoms with E-state index in [-0.39, 0.29) is 0 Å². The van der Waals surface area contributed by atoms with Crippen molar-refractivity contribution in [3.05, 3.63) is 55.1 Å². The van der Waals surface area contributed by atoms with E-state index in [9.17, 15) is 9.90 Å². The van der Waals surface area contributed by atoms with Crippen LogP contribution in [0, 0.1) is 0 Å². The molecule has 1 aliphatic heterocycles. The van der Waals surface area contributed by atoms with Crippen molar-refractivity contribution < 1.29 is 14.3 Å². The molecule has 7 heteroatoms. The molecule has 25 heavy (non-hydrogen) atoms. The van der Waals surface area contributed by atoms with Crippen LogP contribution in [0.1, 0.15) is 12.8 Å². The van der Waals surface area contributed by atoms with Crippen molar-refractivity contribution in [1.82, 2.24) is 14.8 Å². The summed E-state index contributed by atoms with van der Waals surface area (Å²) in [6.07, 6.45) is 5.96. The number of furan rings is 1. The minimum Gasteiger partial charge on any atom is -0.479 e. The molecule has 0 aliphatic carbocycles. The Hall–Kier alpha value is -3.09. The number of carboxylic acids is 1. The van der Waals surface area contributed by atoms with Gasteiger partial charge >= 0.3 is 5.97 Å². The Kier molecular flexibility index (Phi) is 3.76. The molecule has 0 spiro atoms. The molecule has 128 valence electrons. The second-order valence-corrected chi connectivity index (χ2v) is 6.13. The number of carbonyl (C=O) groups is 1. The van der Waals surface area contributed by atoms with Crippen molar-refractivity contribution in [2.45, 2.75) is 18.4 Å². The summed E-state index contributed by atoms with van der Waals surface area (Å²) >= 11 is 0. The molecule has 0 radical (unpaired) electrons. The molecular weight excluding hydrogens is 320 g/mol. The van der Waals surface area contributed by atoms with Gasteiger partial charge < -0.3 is 14.4 Å². The third-order valence-electron chi connectivity index (χ3n) is 4.76. The number of pyridine rings is 1. The fourth-order valence-corrected chi connectivity index (χ4v) is 3.31. The van der Waals surface area contributed by atoms with Crippen molar-refractivity contribution in [3.8, 4) is 11.5 Å². The van der Waals surface area contributed by atoms with E-state index in [4.69, 9.17) is 4.42 Å². The lowest BCUT2D eigenvalue weighted by Gasteiger charge is -2.39. The quantitative estimate of drug-likeness (QED) is 0.787. The van der Waals surface area contributed by atoms with Gasteiger partial charge in [0.25, 0.3) is 0 Å². The van der Waals surface area contributed by atoms with E-state index in [1.807, 2.05) is 24.3 Å². The standard InChI is InChI=1S/C18H18N4O3/c23-17(24)18(22-10-6-14(20-22)15-4-3-13-25-15)7-11-21(12-8-18)16-5-1-2-9-19-16/h1-6,9-10,13H,7-8,11-12H2,(H,23,24). The molecular formula is C18H18N4O3. The van der Waals surface area contributed by atoms with E-state index in [0.29, 0.717) is 37.4 Å². The highest BCUT2D eigenvalue weighted by molar-refractivity contribution is 5.77. The summed E-state index contributed by atoms with van der Waals surface area (Å²) < 4.78 is 6.92. The first-order chi connectivity index (χ1) is 12.2. The molecule has 0 aromatic carbocycles. The number of hydrogen-bond acceptors (Lipinski definition) is 5. The lowest BCUT2D eigenvalue weighted by molar-refractivity contribution is -0.149. The van der Waals surface area contributed by atoms with Gasteiger partial charge in [0.15, 0.2) is 11.3 Å². The van der Waals surface area contributed by atoms with Gasteiger partial charge in [0.1, 0.15) is 11.5 Å². The summed E-state index contributed by atoms with van der Waals surface area (Å²) in [6, 6.07) is 11.1. The average Bonchev–Trinajstić information content (AvgIpc) is 3.34. The SMILES string of the molecule is O=C(O)C1(n2ccc(-c3ccco3)n2)CCN(c2ccccn2)CC1. The van der Waals surface area contributed by atoms with Crippen LogP contribution in [0.15, 0.2) is 59.5 Å². The number of carboxylic acid groups (broad SMARTS) is 1. The van der Waals surface area contributed by atoms with Crippen LogP contribution >= 0.6 is 0 Å². The van der Waals surface area contributed by atoms with E-state index in [0.717, 1.165) is 5.82 Å². The largest absolute Gasteiger partial charge is 0.479 e. The van der Waals surface area contributed by atoms with Gasteiger partial charge in [-0.2, -0.15) is 5.10 Å². The molecule has 3 aromatic rings. The number of nitrogens with zero attached hydrogens (tertiary/aromatic N) is 4. The Balaban J connectivity index is 1.59. The van der Waals surface area contributed by atoms with E-state index in [1.54, 1.807) is 35.5 Å². The van der Waals surface area contributed by atoms with Crippen LogP contribution < -0.4 is 4.90 Å². The molecule has 0 unspecified atom stereocenters. The summed E-state index contributed by atoms with van der Waals surface area (Å²) in [5, 5.41) is 14.4. The van der Waals surface area contributed by atoms with Crippen LogP contribution in [0.4, 0.5) is 5.82 Å². The van der Waals surface area contributed by atoms with Gasteiger partial charge in [0, 0.05) is 38.3 Å². The van der Waals surface area contributed by atoms with Crippen LogP contribution in [0.5, 0.6) is 0 Å². The van der Waals surface area contributed by atoms with Crippen LogP contribution in [-0.2, 0) is 10.3 Å². The number of anilines is 1. The Labute approximate surface area is 144 Å². The Morgan fingerprint density at radius 2 is 2.00 bits per heavy atom. The summed E-state index contributed by atoms with van der Waals surface area (Å²) in [6.45, 7) is 1.22. The molecule has 0 bridgehead atoms. The molecule has 4 rings (SSSR count). The molecule has 7 nitrogen and oxygen atoms in total. The smallest absolute Gasteiger partial charge is 0.331 e. The van der Waals surface area contributed by atoms with Gasteiger partial charge in [-0.05, 0) is 30.3 Å². The maximum absolute atomic E-state index is 12.1. The lowest BCUT2D eigenvalue weighted by atomic mass is 9.87. The Bertz CT molecular complexity index is 850. The monoisotopic (exact) mass is 338 g/mol. The average molecular weight is 338 g/mol.